The summed E-state index contributed by atoms with van der Waals surface area (Å²) in [6, 6.07) is 21.2. The van der Waals surface area contributed by atoms with Gasteiger partial charge in [0.1, 0.15) is 0 Å². The number of ether oxygens (including phenoxy) is 2. The third kappa shape index (κ3) is 6.34. The van der Waals surface area contributed by atoms with Crippen LogP contribution in [0.15, 0.2) is 72.8 Å². The molecule has 3 aromatic rings. The minimum absolute atomic E-state index is 0.224. The van der Waals surface area contributed by atoms with Gasteiger partial charge in [-0.05, 0) is 49.2 Å². The smallest absolute Gasteiger partial charge is 0.411 e. The van der Waals surface area contributed by atoms with Gasteiger partial charge >= 0.3 is 6.09 Å². The van der Waals surface area contributed by atoms with E-state index >= 15 is 0 Å². The number of anilines is 1. The van der Waals surface area contributed by atoms with Crippen molar-refractivity contribution in [3.8, 4) is 0 Å². The second-order valence-electron chi connectivity index (χ2n) is 9.09. The van der Waals surface area contributed by atoms with Crippen LogP contribution in [0.2, 0.25) is 0 Å². The minimum atomic E-state index is -0.895. The van der Waals surface area contributed by atoms with E-state index in [4.69, 9.17) is 9.47 Å². The molecule has 0 radical (unpaired) electrons. The number of carbonyl (C=O) groups is 3. The lowest BCUT2D eigenvalue weighted by atomic mass is 10.00. The molecular formula is C29H31N3O5. The number of benzene rings is 3. The molecule has 8 heteroatoms. The molecule has 1 fully saturated rings. The van der Waals surface area contributed by atoms with E-state index in [1.165, 1.54) is 4.90 Å². The molecule has 0 spiro atoms. The number of hydrogen-bond acceptors (Lipinski definition) is 5. The van der Waals surface area contributed by atoms with Gasteiger partial charge in [0, 0.05) is 24.9 Å². The molecule has 0 unspecified atom stereocenters. The third-order valence-electron chi connectivity index (χ3n) is 6.22. The van der Waals surface area contributed by atoms with Crippen molar-refractivity contribution >= 4 is 23.6 Å². The van der Waals surface area contributed by atoms with Crippen LogP contribution < -0.4 is 10.6 Å². The fourth-order valence-corrected chi connectivity index (χ4v) is 4.18. The van der Waals surface area contributed by atoms with E-state index in [9.17, 15) is 14.4 Å². The Morgan fingerprint density at radius 3 is 2.32 bits per heavy atom. The summed E-state index contributed by atoms with van der Waals surface area (Å²) >= 11 is 0. The summed E-state index contributed by atoms with van der Waals surface area (Å²) in [6.45, 7) is 4.81. The van der Waals surface area contributed by atoms with Crippen LogP contribution in [0.25, 0.3) is 0 Å². The van der Waals surface area contributed by atoms with Crippen molar-refractivity contribution in [2.75, 3.05) is 25.6 Å². The number of carbonyl (C=O) groups excluding carboxylic acids is 3. The Hall–Kier alpha value is -4.17. The molecule has 0 bridgehead atoms. The summed E-state index contributed by atoms with van der Waals surface area (Å²) in [5, 5.41) is 5.72. The van der Waals surface area contributed by atoms with Gasteiger partial charge in [-0.2, -0.15) is 0 Å². The van der Waals surface area contributed by atoms with Crippen LogP contribution in [-0.2, 0) is 20.8 Å². The van der Waals surface area contributed by atoms with Gasteiger partial charge in [0.25, 0.3) is 5.91 Å². The molecule has 1 aliphatic heterocycles. The lowest BCUT2D eigenvalue weighted by Crippen LogP contribution is -2.47. The Labute approximate surface area is 216 Å². The molecule has 1 saturated heterocycles. The number of nitrogens with zero attached hydrogens (tertiary/aromatic N) is 1. The summed E-state index contributed by atoms with van der Waals surface area (Å²) in [7, 11) is 1.55. The first kappa shape index (κ1) is 25.9. The van der Waals surface area contributed by atoms with E-state index in [0.29, 0.717) is 30.0 Å². The monoisotopic (exact) mass is 501 g/mol. The molecule has 2 atom stereocenters. The first-order chi connectivity index (χ1) is 17.9. The number of amides is 3. The second kappa shape index (κ2) is 11.7. The van der Waals surface area contributed by atoms with Crippen molar-refractivity contribution < 1.29 is 23.9 Å². The largest absolute Gasteiger partial charge is 0.438 e. The zero-order valence-corrected chi connectivity index (χ0v) is 21.2. The van der Waals surface area contributed by atoms with Crippen molar-refractivity contribution in [1.29, 1.82) is 0 Å². The van der Waals surface area contributed by atoms with E-state index in [1.807, 2.05) is 50.2 Å². The Kier molecular flexibility index (Phi) is 8.20. The third-order valence-corrected chi connectivity index (χ3v) is 6.22. The van der Waals surface area contributed by atoms with E-state index in [1.54, 1.807) is 43.5 Å². The summed E-state index contributed by atoms with van der Waals surface area (Å²) in [5.41, 5.74) is 4.72. The molecule has 8 nitrogen and oxygen atoms in total. The van der Waals surface area contributed by atoms with Gasteiger partial charge in [0.15, 0.2) is 12.1 Å². The summed E-state index contributed by atoms with van der Waals surface area (Å²) < 4.78 is 10.8. The van der Waals surface area contributed by atoms with Crippen LogP contribution in [0.4, 0.5) is 10.5 Å². The quantitative estimate of drug-likeness (QED) is 0.424. The van der Waals surface area contributed by atoms with Crippen LogP contribution >= 0.6 is 0 Å². The fraction of sp³-hybridized carbons (Fsp3) is 0.276. The molecular weight excluding hydrogens is 470 g/mol. The molecule has 1 heterocycles. The molecule has 37 heavy (non-hydrogen) atoms. The highest BCUT2D eigenvalue weighted by atomic mass is 16.6. The van der Waals surface area contributed by atoms with E-state index in [2.05, 4.69) is 10.6 Å². The molecule has 4 rings (SSSR count). The van der Waals surface area contributed by atoms with Crippen LogP contribution in [0.5, 0.6) is 0 Å². The predicted octanol–water partition coefficient (Wildman–Crippen LogP) is 4.38. The lowest BCUT2D eigenvalue weighted by Gasteiger charge is -2.24. The second-order valence-corrected chi connectivity index (χ2v) is 9.09. The van der Waals surface area contributed by atoms with Gasteiger partial charge < -0.3 is 20.1 Å². The van der Waals surface area contributed by atoms with Gasteiger partial charge in [-0.15, -0.1) is 0 Å². The molecule has 0 aromatic heterocycles. The van der Waals surface area contributed by atoms with Crippen LogP contribution in [-0.4, -0.2) is 49.1 Å². The Morgan fingerprint density at radius 2 is 1.65 bits per heavy atom. The standard InChI is InChI=1S/C29H31N3O5/c1-19-7-11-21(12-8-19)18-32-25(28(34)30-15-16-36-3)26(37-29(32)35)23-5-4-6-24(17-23)31-27(33)22-13-9-20(2)10-14-22/h4-14,17,25-26H,15-16,18H2,1-3H3,(H,30,34)(H,31,33)/t25-,26+/m1/s1. The first-order valence-corrected chi connectivity index (χ1v) is 12.1. The first-order valence-electron chi connectivity index (χ1n) is 12.1. The molecule has 1 aliphatic rings. The normalized spacial score (nSPS) is 16.8. The van der Waals surface area contributed by atoms with Crippen molar-refractivity contribution in [2.45, 2.75) is 32.5 Å². The number of rotatable bonds is 9. The van der Waals surface area contributed by atoms with Crippen LogP contribution in [0.3, 0.4) is 0 Å². The zero-order chi connectivity index (χ0) is 26.4. The topological polar surface area (TPSA) is 97.0 Å². The maximum Gasteiger partial charge on any atom is 0.411 e. The molecule has 3 amide bonds. The molecule has 0 aliphatic carbocycles. The fourth-order valence-electron chi connectivity index (χ4n) is 4.18. The Balaban J connectivity index is 1.58. The Bertz CT molecular complexity index is 1260. The molecule has 2 N–H and O–H groups in total. The Morgan fingerprint density at radius 1 is 0.973 bits per heavy atom. The number of hydrogen-bond donors (Lipinski definition) is 2. The highest BCUT2D eigenvalue weighted by molar-refractivity contribution is 6.04. The van der Waals surface area contributed by atoms with Gasteiger partial charge in [-0.1, -0.05) is 59.7 Å². The van der Waals surface area contributed by atoms with E-state index < -0.39 is 18.2 Å². The number of methoxy groups -OCH3 is 1. The molecule has 192 valence electrons. The zero-order valence-electron chi connectivity index (χ0n) is 21.2. The number of cyclic esters (lactones) is 1. The van der Waals surface area contributed by atoms with Gasteiger partial charge in [0.05, 0.1) is 13.2 Å². The van der Waals surface area contributed by atoms with E-state index in [0.717, 1.165) is 16.7 Å². The maximum absolute atomic E-state index is 13.3. The number of nitrogens with one attached hydrogen (secondary N) is 2. The molecule has 0 saturated carbocycles. The van der Waals surface area contributed by atoms with Crippen molar-refractivity contribution in [2.24, 2.45) is 0 Å². The predicted molar refractivity (Wildman–Crippen MR) is 140 cm³/mol. The van der Waals surface area contributed by atoms with Crippen LogP contribution in [0, 0.1) is 13.8 Å². The maximum atomic E-state index is 13.3. The SMILES string of the molecule is COCCNC(=O)[C@H]1[C@H](c2cccc(NC(=O)c3ccc(C)cc3)c2)OC(=O)N1Cc1ccc(C)cc1. The van der Waals surface area contributed by atoms with Gasteiger partial charge in [-0.25, -0.2) is 4.79 Å². The highest BCUT2D eigenvalue weighted by Crippen LogP contribution is 2.35. The number of aryl methyl sites for hydroxylation is 2. The minimum Gasteiger partial charge on any atom is -0.438 e. The average Bonchev–Trinajstić information content (AvgIpc) is 3.22. The summed E-state index contributed by atoms with van der Waals surface area (Å²) in [5.74, 6) is -0.593. The summed E-state index contributed by atoms with van der Waals surface area (Å²) in [4.78, 5) is 40.4. The van der Waals surface area contributed by atoms with Gasteiger partial charge in [-0.3, -0.25) is 14.5 Å². The summed E-state index contributed by atoms with van der Waals surface area (Å²) in [6.07, 6.45) is -1.43. The van der Waals surface area contributed by atoms with Crippen molar-refractivity contribution in [3.63, 3.8) is 0 Å². The van der Waals surface area contributed by atoms with Crippen LogP contribution in [0.1, 0.15) is 38.7 Å². The van der Waals surface area contributed by atoms with Crippen molar-refractivity contribution in [1.82, 2.24) is 10.2 Å². The molecule has 3 aromatic carbocycles. The van der Waals surface area contributed by atoms with Gasteiger partial charge in [0.2, 0.25) is 5.91 Å². The van der Waals surface area contributed by atoms with Crippen molar-refractivity contribution in [3.05, 3.63) is 101 Å². The highest BCUT2D eigenvalue weighted by Gasteiger charge is 2.47. The van der Waals surface area contributed by atoms with E-state index in [-0.39, 0.29) is 18.4 Å². The lowest BCUT2D eigenvalue weighted by molar-refractivity contribution is -0.126. The average molecular weight is 502 g/mol.